The van der Waals surface area contributed by atoms with E-state index in [4.69, 9.17) is 0 Å². The summed E-state index contributed by atoms with van der Waals surface area (Å²) in [6, 6.07) is 11.7. The Labute approximate surface area is 105 Å². The van der Waals surface area contributed by atoms with E-state index < -0.39 is 0 Å². The molecule has 1 aromatic rings. The van der Waals surface area contributed by atoms with Gasteiger partial charge in [-0.2, -0.15) is 0 Å². The Kier molecular flexibility index (Phi) is 4.57. The fraction of sp³-hybridized carbons (Fsp3) is 0.600. The van der Waals surface area contributed by atoms with E-state index in [-0.39, 0.29) is 0 Å². The summed E-state index contributed by atoms with van der Waals surface area (Å²) in [4.78, 5) is 2.63. The van der Waals surface area contributed by atoms with Crippen molar-refractivity contribution in [3.05, 3.63) is 35.9 Å². The normalized spacial score (nSPS) is 22.8. The van der Waals surface area contributed by atoms with Crippen molar-refractivity contribution in [1.82, 2.24) is 10.2 Å². The number of nitrogens with zero attached hydrogens (tertiary/aromatic N) is 1. The molecule has 2 atom stereocenters. The highest BCUT2D eigenvalue weighted by molar-refractivity contribution is 5.21. The van der Waals surface area contributed by atoms with Crippen LogP contribution in [0, 0.1) is 0 Å². The third-order valence-electron chi connectivity index (χ3n) is 3.93. The predicted octanol–water partition coefficient (Wildman–Crippen LogP) is 2.47. The van der Waals surface area contributed by atoms with E-state index in [9.17, 15) is 0 Å². The summed E-state index contributed by atoms with van der Waals surface area (Å²) in [6.07, 6.45) is 2.56. The number of hydrogen-bond acceptors (Lipinski definition) is 2. The van der Waals surface area contributed by atoms with Crippen LogP contribution in [0.5, 0.6) is 0 Å². The number of rotatable bonds is 5. The highest BCUT2D eigenvalue weighted by atomic mass is 15.2. The lowest BCUT2D eigenvalue weighted by Crippen LogP contribution is -2.33. The second-order valence-corrected chi connectivity index (χ2v) is 5.13. The topological polar surface area (TPSA) is 15.3 Å². The molecule has 1 aliphatic rings. The van der Waals surface area contributed by atoms with Gasteiger partial charge in [0.2, 0.25) is 0 Å². The summed E-state index contributed by atoms with van der Waals surface area (Å²) in [6.45, 7) is 5.96. The maximum Gasteiger partial charge on any atom is 0.00792 e. The van der Waals surface area contributed by atoms with Crippen LogP contribution in [0.1, 0.15) is 31.2 Å². The van der Waals surface area contributed by atoms with Gasteiger partial charge in [0.05, 0.1) is 0 Å². The van der Waals surface area contributed by atoms with Crippen LogP contribution in [0.15, 0.2) is 30.3 Å². The van der Waals surface area contributed by atoms with Crippen molar-refractivity contribution in [3.8, 4) is 0 Å². The Balaban J connectivity index is 1.87. The van der Waals surface area contributed by atoms with Gasteiger partial charge in [0.25, 0.3) is 0 Å². The Morgan fingerprint density at radius 2 is 2.12 bits per heavy atom. The smallest absolute Gasteiger partial charge is 0.00792 e. The van der Waals surface area contributed by atoms with Crippen molar-refractivity contribution in [3.63, 3.8) is 0 Å². The first-order valence-corrected chi connectivity index (χ1v) is 6.75. The predicted molar refractivity (Wildman–Crippen MR) is 73.4 cm³/mol. The molecule has 1 saturated heterocycles. The van der Waals surface area contributed by atoms with Crippen LogP contribution < -0.4 is 5.32 Å². The Morgan fingerprint density at radius 1 is 1.35 bits per heavy atom. The van der Waals surface area contributed by atoms with Gasteiger partial charge in [-0.15, -0.1) is 0 Å². The molecule has 2 nitrogen and oxygen atoms in total. The van der Waals surface area contributed by atoms with E-state index in [2.05, 4.69) is 47.5 Å². The fourth-order valence-corrected chi connectivity index (χ4v) is 2.72. The van der Waals surface area contributed by atoms with E-state index in [0.717, 1.165) is 12.5 Å². The first-order valence-electron chi connectivity index (χ1n) is 6.75. The van der Waals surface area contributed by atoms with Gasteiger partial charge in [0, 0.05) is 12.6 Å². The summed E-state index contributed by atoms with van der Waals surface area (Å²) in [5.41, 5.74) is 1.51. The highest BCUT2D eigenvalue weighted by Gasteiger charge is 2.26. The standard InChI is InChI=1S/C15H24N2/c1-13(8-10-16-2)17-11-9-15(12-17)14-6-4-3-5-7-14/h3-7,13,15-16H,8-12H2,1-2H3. The number of hydrogen-bond donors (Lipinski definition) is 1. The molecular weight excluding hydrogens is 208 g/mol. The van der Waals surface area contributed by atoms with Crippen molar-refractivity contribution in [2.45, 2.75) is 31.7 Å². The molecule has 2 rings (SSSR count). The van der Waals surface area contributed by atoms with Crippen LogP contribution in [-0.2, 0) is 0 Å². The Bertz CT molecular complexity index is 323. The third kappa shape index (κ3) is 3.30. The largest absolute Gasteiger partial charge is 0.320 e. The summed E-state index contributed by atoms with van der Waals surface area (Å²) in [5.74, 6) is 0.744. The third-order valence-corrected chi connectivity index (χ3v) is 3.93. The molecule has 0 radical (unpaired) electrons. The van der Waals surface area contributed by atoms with Crippen LogP contribution in [-0.4, -0.2) is 37.6 Å². The molecule has 2 unspecified atom stereocenters. The zero-order valence-corrected chi connectivity index (χ0v) is 11.0. The van der Waals surface area contributed by atoms with Gasteiger partial charge in [-0.05, 0) is 51.4 Å². The van der Waals surface area contributed by atoms with E-state index in [1.807, 2.05) is 7.05 Å². The summed E-state index contributed by atoms with van der Waals surface area (Å²) < 4.78 is 0. The van der Waals surface area contributed by atoms with Crippen molar-refractivity contribution in [2.75, 3.05) is 26.7 Å². The molecule has 0 saturated carbocycles. The molecule has 1 heterocycles. The second kappa shape index (κ2) is 6.18. The van der Waals surface area contributed by atoms with Gasteiger partial charge >= 0.3 is 0 Å². The SMILES string of the molecule is CNCCC(C)N1CCC(c2ccccc2)C1. The van der Waals surface area contributed by atoms with Crippen LogP contribution >= 0.6 is 0 Å². The zero-order valence-electron chi connectivity index (χ0n) is 11.0. The Hall–Kier alpha value is -0.860. The summed E-state index contributed by atoms with van der Waals surface area (Å²) >= 11 is 0. The first-order chi connectivity index (χ1) is 8.31. The second-order valence-electron chi connectivity index (χ2n) is 5.13. The van der Waals surface area contributed by atoms with Gasteiger partial charge in [-0.25, -0.2) is 0 Å². The lowest BCUT2D eigenvalue weighted by atomic mass is 9.99. The molecule has 2 heteroatoms. The van der Waals surface area contributed by atoms with E-state index in [1.165, 1.54) is 31.5 Å². The number of benzene rings is 1. The summed E-state index contributed by atoms with van der Waals surface area (Å²) in [5, 5.41) is 3.24. The molecule has 0 aromatic heterocycles. The maximum atomic E-state index is 3.24. The monoisotopic (exact) mass is 232 g/mol. The number of nitrogens with one attached hydrogen (secondary N) is 1. The fourth-order valence-electron chi connectivity index (χ4n) is 2.72. The molecule has 0 amide bonds. The molecule has 1 fully saturated rings. The molecule has 0 spiro atoms. The average molecular weight is 232 g/mol. The van der Waals surface area contributed by atoms with E-state index in [1.54, 1.807) is 0 Å². The molecule has 0 bridgehead atoms. The number of likely N-dealkylation sites (tertiary alicyclic amines) is 1. The van der Waals surface area contributed by atoms with E-state index in [0.29, 0.717) is 6.04 Å². The molecule has 94 valence electrons. The van der Waals surface area contributed by atoms with Gasteiger partial charge < -0.3 is 5.32 Å². The highest BCUT2D eigenvalue weighted by Crippen LogP contribution is 2.28. The lowest BCUT2D eigenvalue weighted by molar-refractivity contribution is 0.243. The van der Waals surface area contributed by atoms with E-state index >= 15 is 0 Å². The van der Waals surface area contributed by atoms with Gasteiger partial charge in [-0.3, -0.25) is 4.90 Å². The molecule has 1 N–H and O–H groups in total. The van der Waals surface area contributed by atoms with Gasteiger partial charge in [0.15, 0.2) is 0 Å². The van der Waals surface area contributed by atoms with Gasteiger partial charge in [0.1, 0.15) is 0 Å². The summed E-state index contributed by atoms with van der Waals surface area (Å²) in [7, 11) is 2.03. The van der Waals surface area contributed by atoms with Crippen LogP contribution in [0.25, 0.3) is 0 Å². The first kappa shape index (κ1) is 12.6. The van der Waals surface area contributed by atoms with Crippen LogP contribution in [0.3, 0.4) is 0 Å². The minimum absolute atomic E-state index is 0.705. The zero-order chi connectivity index (χ0) is 12.1. The van der Waals surface area contributed by atoms with Crippen molar-refractivity contribution in [1.29, 1.82) is 0 Å². The maximum absolute atomic E-state index is 3.24. The molecule has 0 aliphatic carbocycles. The minimum atomic E-state index is 0.705. The Morgan fingerprint density at radius 3 is 2.82 bits per heavy atom. The van der Waals surface area contributed by atoms with Gasteiger partial charge in [-0.1, -0.05) is 30.3 Å². The van der Waals surface area contributed by atoms with Crippen molar-refractivity contribution in [2.24, 2.45) is 0 Å². The molecule has 17 heavy (non-hydrogen) atoms. The minimum Gasteiger partial charge on any atom is -0.320 e. The van der Waals surface area contributed by atoms with Crippen LogP contribution in [0.2, 0.25) is 0 Å². The molecule has 1 aliphatic heterocycles. The average Bonchev–Trinajstić information content (AvgIpc) is 2.86. The quantitative estimate of drug-likeness (QED) is 0.839. The lowest BCUT2D eigenvalue weighted by Gasteiger charge is -2.24. The molecule has 1 aromatic carbocycles. The van der Waals surface area contributed by atoms with Crippen molar-refractivity contribution >= 4 is 0 Å². The van der Waals surface area contributed by atoms with Crippen molar-refractivity contribution < 1.29 is 0 Å². The molecular formula is C15H24N2. The van der Waals surface area contributed by atoms with Crippen LogP contribution in [0.4, 0.5) is 0 Å².